The lowest BCUT2D eigenvalue weighted by Gasteiger charge is -2.23. The molecule has 0 atom stereocenters. The van der Waals surface area contributed by atoms with Crippen LogP contribution in [0.2, 0.25) is 5.02 Å². The second-order valence-corrected chi connectivity index (χ2v) is 11.1. The largest absolute Gasteiger partial charge is 0.489 e. The van der Waals surface area contributed by atoms with E-state index in [9.17, 15) is 14.0 Å². The molecule has 0 N–H and O–H groups in total. The molecule has 0 heterocycles. The first kappa shape index (κ1) is 33.7. The van der Waals surface area contributed by atoms with Crippen LogP contribution in [0.1, 0.15) is 53.2 Å². The van der Waals surface area contributed by atoms with Gasteiger partial charge in [0.05, 0.1) is 24.3 Å². The molecule has 0 saturated heterocycles. The smallest absolute Gasteiger partial charge is 0.337 e. The first-order chi connectivity index (χ1) is 21.9. The minimum atomic E-state index is -0.435. The van der Waals surface area contributed by atoms with Gasteiger partial charge in [0.15, 0.2) is 0 Å². The lowest BCUT2D eigenvalue weighted by atomic mass is 10.0. The van der Waals surface area contributed by atoms with Crippen LogP contribution in [0.15, 0.2) is 91.0 Å². The Labute approximate surface area is 269 Å². The van der Waals surface area contributed by atoms with E-state index in [2.05, 4.69) is 11.0 Å². The minimum absolute atomic E-state index is 0.100. The average Bonchev–Trinajstić information content (AvgIpc) is 3.06. The summed E-state index contributed by atoms with van der Waals surface area (Å²) in [6, 6.07) is 28.2. The van der Waals surface area contributed by atoms with E-state index in [-0.39, 0.29) is 17.0 Å². The molecule has 45 heavy (non-hydrogen) atoms. The molecule has 0 aliphatic rings. The Hall–Kier alpha value is -4.20. The van der Waals surface area contributed by atoms with E-state index in [4.69, 9.17) is 25.8 Å². The summed E-state index contributed by atoms with van der Waals surface area (Å²) in [6.07, 6.45) is 2.80. The summed E-state index contributed by atoms with van der Waals surface area (Å²) in [5.74, 6) is -0.127. The number of hydrogen-bond acceptors (Lipinski definition) is 6. The Bertz CT molecular complexity index is 1540. The maximum absolute atomic E-state index is 13.6. The zero-order chi connectivity index (χ0) is 32.0. The average molecular weight is 632 g/mol. The van der Waals surface area contributed by atoms with Crippen LogP contribution >= 0.6 is 11.6 Å². The maximum Gasteiger partial charge on any atom is 0.337 e. The van der Waals surface area contributed by atoms with E-state index < -0.39 is 5.82 Å². The van der Waals surface area contributed by atoms with E-state index >= 15 is 0 Å². The number of rotatable bonds is 16. The first-order valence-corrected chi connectivity index (χ1v) is 15.5. The molecule has 0 aliphatic heterocycles. The van der Waals surface area contributed by atoms with Gasteiger partial charge in [-0.05, 0) is 90.9 Å². The topological polar surface area (TPSA) is 65.1 Å². The molecule has 0 bridgehead atoms. The number of halogens is 2. The molecular formula is C37H39ClFNO5. The van der Waals surface area contributed by atoms with E-state index in [1.165, 1.54) is 13.2 Å². The summed E-state index contributed by atoms with van der Waals surface area (Å²) in [6.45, 7) is 4.92. The molecule has 6 nitrogen and oxygen atoms in total. The summed E-state index contributed by atoms with van der Waals surface area (Å²) >= 11 is 5.96. The molecule has 0 aliphatic carbocycles. The molecule has 0 aromatic heterocycles. The SMILES string of the molecule is CCOC(=O)CCCCN(CCc1ccccc1OCc1ccc(-c2ccc(F)c(Cl)c2)cc1)Cc1ccc(C(=O)OC)cc1. The van der Waals surface area contributed by atoms with Gasteiger partial charge in [0.1, 0.15) is 18.2 Å². The standard InChI is InChI=1S/C37H39ClFNO5/c1-3-44-36(41)10-6-7-22-40(25-27-11-17-31(18-12-27)37(42)43-2)23-21-30-8-4-5-9-35(30)45-26-28-13-15-29(16-14-28)32-19-20-34(39)33(38)24-32/h4-5,8-9,11-20,24H,3,6-7,10,21-23,25-26H2,1-2H3. The fourth-order valence-electron chi connectivity index (χ4n) is 4.99. The minimum Gasteiger partial charge on any atom is -0.489 e. The number of hydrogen-bond donors (Lipinski definition) is 0. The lowest BCUT2D eigenvalue weighted by Crippen LogP contribution is -2.27. The van der Waals surface area contributed by atoms with Gasteiger partial charge in [-0.25, -0.2) is 9.18 Å². The summed E-state index contributed by atoms with van der Waals surface area (Å²) in [7, 11) is 1.37. The van der Waals surface area contributed by atoms with Gasteiger partial charge in [0.2, 0.25) is 0 Å². The van der Waals surface area contributed by atoms with Crippen molar-refractivity contribution in [1.29, 1.82) is 0 Å². The van der Waals surface area contributed by atoms with Gasteiger partial charge in [-0.15, -0.1) is 0 Å². The first-order valence-electron chi connectivity index (χ1n) is 15.2. The van der Waals surface area contributed by atoms with Crippen LogP contribution in [-0.4, -0.2) is 43.6 Å². The molecule has 0 saturated carbocycles. The highest BCUT2D eigenvalue weighted by Gasteiger charge is 2.12. The second kappa shape index (κ2) is 17.3. The van der Waals surface area contributed by atoms with Gasteiger partial charge in [0.25, 0.3) is 0 Å². The van der Waals surface area contributed by atoms with Crippen molar-refractivity contribution < 1.29 is 28.2 Å². The molecule has 0 radical (unpaired) electrons. The van der Waals surface area contributed by atoms with Crippen molar-refractivity contribution in [2.24, 2.45) is 0 Å². The number of benzene rings is 4. The predicted octanol–water partition coefficient (Wildman–Crippen LogP) is 8.29. The van der Waals surface area contributed by atoms with Crippen molar-refractivity contribution in [3.63, 3.8) is 0 Å². The predicted molar refractivity (Wildman–Crippen MR) is 175 cm³/mol. The highest BCUT2D eigenvalue weighted by Crippen LogP contribution is 2.26. The van der Waals surface area contributed by atoms with Gasteiger partial charge in [-0.3, -0.25) is 9.69 Å². The second-order valence-electron chi connectivity index (χ2n) is 10.7. The Morgan fingerprint density at radius 3 is 2.27 bits per heavy atom. The number of para-hydroxylation sites is 1. The van der Waals surface area contributed by atoms with Crippen LogP contribution in [0.4, 0.5) is 4.39 Å². The third-order valence-electron chi connectivity index (χ3n) is 7.46. The summed E-state index contributed by atoms with van der Waals surface area (Å²) in [5, 5.41) is 0.100. The van der Waals surface area contributed by atoms with E-state index in [0.717, 1.165) is 65.9 Å². The highest BCUT2D eigenvalue weighted by molar-refractivity contribution is 6.31. The number of nitrogens with zero attached hydrogens (tertiary/aromatic N) is 1. The van der Waals surface area contributed by atoms with Crippen molar-refractivity contribution in [3.8, 4) is 16.9 Å². The fourth-order valence-corrected chi connectivity index (χ4v) is 5.17. The van der Waals surface area contributed by atoms with Crippen LogP contribution in [-0.2, 0) is 33.8 Å². The molecule has 0 amide bonds. The molecule has 4 aromatic rings. The highest BCUT2D eigenvalue weighted by atomic mass is 35.5. The molecule has 4 aromatic carbocycles. The molecular weight excluding hydrogens is 593 g/mol. The van der Waals surface area contributed by atoms with Gasteiger partial charge in [-0.1, -0.05) is 72.3 Å². The zero-order valence-electron chi connectivity index (χ0n) is 25.8. The number of esters is 2. The van der Waals surface area contributed by atoms with Crippen LogP contribution in [0.3, 0.4) is 0 Å². The normalized spacial score (nSPS) is 11.0. The number of unbranched alkanes of at least 4 members (excludes halogenated alkanes) is 1. The van der Waals surface area contributed by atoms with Crippen LogP contribution < -0.4 is 4.74 Å². The van der Waals surface area contributed by atoms with Crippen LogP contribution in [0, 0.1) is 5.82 Å². The van der Waals surface area contributed by atoms with Crippen molar-refractivity contribution in [3.05, 3.63) is 124 Å². The summed E-state index contributed by atoms with van der Waals surface area (Å²) in [4.78, 5) is 26.0. The molecule has 236 valence electrons. The van der Waals surface area contributed by atoms with Crippen LogP contribution in [0.25, 0.3) is 11.1 Å². The van der Waals surface area contributed by atoms with E-state index in [0.29, 0.717) is 31.7 Å². The Morgan fingerprint density at radius 2 is 1.56 bits per heavy atom. The van der Waals surface area contributed by atoms with Gasteiger partial charge in [-0.2, -0.15) is 0 Å². The Morgan fingerprint density at radius 1 is 0.844 bits per heavy atom. The van der Waals surface area contributed by atoms with Gasteiger partial charge in [0, 0.05) is 19.5 Å². The monoisotopic (exact) mass is 631 g/mol. The third kappa shape index (κ3) is 10.4. The molecule has 4 rings (SSSR count). The van der Waals surface area contributed by atoms with Crippen molar-refractivity contribution >= 4 is 23.5 Å². The quantitative estimate of drug-likeness (QED) is 0.0916. The Kier molecular flexibility index (Phi) is 13.0. The van der Waals surface area contributed by atoms with Crippen molar-refractivity contribution in [1.82, 2.24) is 4.90 Å². The lowest BCUT2D eigenvalue weighted by molar-refractivity contribution is -0.143. The van der Waals surface area contributed by atoms with Crippen LogP contribution in [0.5, 0.6) is 5.75 Å². The summed E-state index contributed by atoms with van der Waals surface area (Å²) < 4.78 is 29.7. The number of carbonyl (C=O) groups is 2. The zero-order valence-corrected chi connectivity index (χ0v) is 26.5. The fraction of sp³-hybridized carbons (Fsp3) is 0.297. The Balaban J connectivity index is 1.37. The number of methoxy groups -OCH3 is 1. The van der Waals surface area contributed by atoms with E-state index in [1.807, 2.05) is 61.5 Å². The van der Waals surface area contributed by atoms with Gasteiger partial charge < -0.3 is 14.2 Å². The third-order valence-corrected chi connectivity index (χ3v) is 7.75. The molecule has 0 fully saturated rings. The number of ether oxygens (including phenoxy) is 3. The number of carbonyl (C=O) groups excluding carboxylic acids is 2. The van der Waals surface area contributed by atoms with Crippen molar-refractivity contribution in [2.75, 3.05) is 26.8 Å². The molecule has 0 unspecified atom stereocenters. The molecule has 8 heteroatoms. The molecule has 0 spiro atoms. The maximum atomic E-state index is 13.6. The van der Waals surface area contributed by atoms with E-state index in [1.54, 1.807) is 24.3 Å². The summed E-state index contributed by atoms with van der Waals surface area (Å²) in [5.41, 5.74) is 5.52. The van der Waals surface area contributed by atoms with Gasteiger partial charge >= 0.3 is 11.9 Å². The van der Waals surface area contributed by atoms with Crippen molar-refractivity contribution in [2.45, 2.75) is 45.8 Å².